The van der Waals surface area contributed by atoms with Crippen LogP contribution in [0.4, 0.5) is 0 Å². The van der Waals surface area contributed by atoms with Crippen LogP contribution in [0, 0.1) is 6.92 Å². The summed E-state index contributed by atoms with van der Waals surface area (Å²) in [6.45, 7) is 10.6. The molecule has 0 spiro atoms. The van der Waals surface area contributed by atoms with Crippen molar-refractivity contribution in [2.45, 2.75) is 46.2 Å². The van der Waals surface area contributed by atoms with Gasteiger partial charge in [-0.15, -0.1) is 11.3 Å². The maximum absolute atomic E-state index is 4.16. The van der Waals surface area contributed by atoms with E-state index in [1.54, 1.807) is 0 Å². The molecule has 98 valence electrons. The first-order valence-electron chi connectivity index (χ1n) is 6.25. The number of nitrogens with zero attached hydrogens (tertiary/aromatic N) is 1. The number of rotatable bonds is 4. The molecule has 0 amide bonds. The van der Waals surface area contributed by atoms with Gasteiger partial charge in [-0.1, -0.05) is 20.8 Å². The average molecular weight is 263 g/mol. The van der Waals surface area contributed by atoms with Crippen molar-refractivity contribution >= 4 is 11.3 Å². The molecule has 0 aliphatic carbocycles. The molecule has 0 aliphatic rings. The molecule has 0 saturated heterocycles. The lowest BCUT2D eigenvalue weighted by Crippen LogP contribution is -2.18. The third-order valence-corrected chi connectivity index (χ3v) is 4.06. The second-order valence-electron chi connectivity index (χ2n) is 5.65. The van der Waals surface area contributed by atoms with Crippen LogP contribution in [0.3, 0.4) is 0 Å². The van der Waals surface area contributed by atoms with Crippen molar-refractivity contribution in [1.29, 1.82) is 0 Å². The molecular weight excluding hydrogens is 242 g/mol. The molecule has 0 fully saturated rings. The first-order chi connectivity index (χ1) is 8.48. The highest BCUT2D eigenvalue weighted by Gasteiger charge is 2.19. The summed E-state index contributed by atoms with van der Waals surface area (Å²) in [4.78, 5) is 1.41. The molecule has 18 heavy (non-hydrogen) atoms. The third kappa shape index (κ3) is 3.00. The normalized spacial score (nSPS) is 12.0. The number of aromatic nitrogens is 2. The Bertz CT molecular complexity index is 505. The van der Waals surface area contributed by atoms with Gasteiger partial charge in [0.1, 0.15) is 0 Å². The van der Waals surface area contributed by atoms with Crippen molar-refractivity contribution < 1.29 is 0 Å². The molecule has 2 aromatic rings. The summed E-state index contributed by atoms with van der Waals surface area (Å²) in [6, 6.07) is 2.17. The monoisotopic (exact) mass is 263 g/mol. The largest absolute Gasteiger partial charge is 0.308 e. The Hall–Kier alpha value is -1.13. The topological polar surface area (TPSA) is 40.7 Å². The number of aromatic amines is 1. The second kappa shape index (κ2) is 5.24. The fourth-order valence-corrected chi connectivity index (χ4v) is 2.87. The van der Waals surface area contributed by atoms with Crippen molar-refractivity contribution in [1.82, 2.24) is 15.5 Å². The van der Waals surface area contributed by atoms with Gasteiger partial charge in [-0.05, 0) is 23.9 Å². The first-order valence-corrected chi connectivity index (χ1v) is 7.13. The Morgan fingerprint density at radius 3 is 2.72 bits per heavy atom. The number of aryl methyl sites for hydroxylation is 1. The molecular formula is C14H21N3S. The van der Waals surface area contributed by atoms with Gasteiger partial charge in [0.05, 0.1) is 6.20 Å². The molecule has 2 heterocycles. The molecule has 0 aliphatic heterocycles. The predicted molar refractivity (Wildman–Crippen MR) is 76.9 cm³/mol. The van der Waals surface area contributed by atoms with E-state index in [9.17, 15) is 0 Å². The quantitative estimate of drug-likeness (QED) is 0.888. The molecule has 0 saturated carbocycles. The van der Waals surface area contributed by atoms with Crippen LogP contribution in [0.15, 0.2) is 17.6 Å². The zero-order valence-corrected chi connectivity index (χ0v) is 12.3. The molecule has 0 atom stereocenters. The van der Waals surface area contributed by atoms with Gasteiger partial charge >= 0.3 is 0 Å². The Kier molecular flexibility index (Phi) is 3.88. The van der Waals surface area contributed by atoms with E-state index in [1.165, 1.54) is 21.7 Å². The zero-order chi connectivity index (χ0) is 13.2. The Morgan fingerprint density at radius 2 is 2.11 bits per heavy atom. The minimum atomic E-state index is 0.117. The molecule has 0 bridgehead atoms. The van der Waals surface area contributed by atoms with Crippen molar-refractivity contribution in [2.75, 3.05) is 0 Å². The van der Waals surface area contributed by atoms with Crippen molar-refractivity contribution in [3.63, 3.8) is 0 Å². The van der Waals surface area contributed by atoms with Crippen molar-refractivity contribution in [3.05, 3.63) is 39.3 Å². The summed E-state index contributed by atoms with van der Waals surface area (Å²) in [5, 5.41) is 12.9. The molecule has 2 N–H and O–H groups in total. The molecule has 4 heteroatoms. The van der Waals surface area contributed by atoms with Crippen LogP contribution >= 0.6 is 11.3 Å². The highest BCUT2D eigenvalue weighted by atomic mass is 32.1. The Morgan fingerprint density at radius 1 is 1.33 bits per heavy atom. The Balaban J connectivity index is 1.95. The molecule has 2 aromatic heterocycles. The summed E-state index contributed by atoms with van der Waals surface area (Å²) in [5.74, 6) is 0. The summed E-state index contributed by atoms with van der Waals surface area (Å²) >= 11 is 1.81. The number of hydrogen-bond donors (Lipinski definition) is 2. The maximum atomic E-state index is 4.16. The summed E-state index contributed by atoms with van der Waals surface area (Å²) in [7, 11) is 0. The van der Waals surface area contributed by atoms with Crippen LogP contribution in [0.5, 0.6) is 0 Å². The number of H-pyrrole nitrogens is 1. The lowest BCUT2D eigenvalue weighted by molar-refractivity contribution is 0.554. The van der Waals surface area contributed by atoms with E-state index in [4.69, 9.17) is 0 Å². The molecule has 0 radical (unpaired) electrons. The molecule has 2 rings (SSSR count). The van der Waals surface area contributed by atoms with Gasteiger partial charge in [-0.2, -0.15) is 5.10 Å². The van der Waals surface area contributed by atoms with Crippen LogP contribution in [-0.4, -0.2) is 10.2 Å². The zero-order valence-electron chi connectivity index (χ0n) is 11.5. The molecule has 3 nitrogen and oxygen atoms in total. The van der Waals surface area contributed by atoms with Crippen LogP contribution in [0.2, 0.25) is 0 Å². The predicted octanol–water partition coefficient (Wildman–Crippen LogP) is 3.37. The van der Waals surface area contributed by atoms with E-state index >= 15 is 0 Å². The number of thiophene rings is 1. The SMILES string of the molecule is Cc1ccsc1CNCc1cn[nH]c1C(C)(C)C. The van der Waals surface area contributed by atoms with Crippen LogP contribution in [0.1, 0.15) is 42.5 Å². The lowest BCUT2D eigenvalue weighted by Gasteiger charge is -2.18. The van der Waals surface area contributed by atoms with E-state index in [1.807, 2.05) is 17.5 Å². The van der Waals surface area contributed by atoms with E-state index < -0.39 is 0 Å². The number of hydrogen-bond acceptors (Lipinski definition) is 3. The maximum Gasteiger partial charge on any atom is 0.0535 e. The van der Waals surface area contributed by atoms with Gasteiger partial charge in [0.15, 0.2) is 0 Å². The summed E-state index contributed by atoms with van der Waals surface area (Å²) < 4.78 is 0. The standard InChI is InChI=1S/C14H21N3S/c1-10-5-6-18-12(10)9-15-7-11-8-16-17-13(11)14(2,3)4/h5-6,8,15H,7,9H2,1-4H3,(H,16,17). The molecule has 0 aromatic carbocycles. The van der Waals surface area contributed by atoms with E-state index in [0.717, 1.165) is 13.1 Å². The van der Waals surface area contributed by atoms with Gasteiger partial charge in [-0.25, -0.2) is 0 Å². The fourth-order valence-electron chi connectivity index (χ4n) is 1.99. The Labute approximate surface area is 113 Å². The minimum absolute atomic E-state index is 0.117. The second-order valence-corrected chi connectivity index (χ2v) is 6.65. The average Bonchev–Trinajstić information content (AvgIpc) is 2.87. The minimum Gasteiger partial charge on any atom is -0.308 e. The van der Waals surface area contributed by atoms with Crippen LogP contribution in [-0.2, 0) is 18.5 Å². The van der Waals surface area contributed by atoms with Crippen LogP contribution < -0.4 is 5.32 Å². The van der Waals surface area contributed by atoms with Gasteiger partial charge in [-0.3, -0.25) is 5.10 Å². The van der Waals surface area contributed by atoms with Crippen LogP contribution in [0.25, 0.3) is 0 Å². The highest BCUT2D eigenvalue weighted by Crippen LogP contribution is 2.23. The first kappa shape index (κ1) is 13.3. The lowest BCUT2D eigenvalue weighted by atomic mass is 9.89. The van der Waals surface area contributed by atoms with Crippen molar-refractivity contribution in [2.24, 2.45) is 0 Å². The van der Waals surface area contributed by atoms with E-state index in [-0.39, 0.29) is 5.41 Å². The van der Waals surface area contributed by atoms with Crippen molar-refractivity contribution in [3.8, 4) is 0 Å². The van der Waals surface area contributed by atoms with Gasteiger partial charge in [0, 0.05) is 34.6 Å². The fraction of sp³-hybridized carbons (Fsp3) is 0.500. The van der Waals surface area contributed by atoms with Gasteiger partial charge in [0.25, 0.3) is 0 Å². The summed E-state index contributed by atoms with van der Waals surface area (Å²) in [5.41, 5.74) is 3.97. The van der Waals surface area contributed by atoms with E-state index in [0.29, 0.717) is 0 Å². The molecule has 0 unspecified atom stereocenters. The summed E-state index contributed by atoms with van der Waals surface area (Å²) in [6.07, 6.45) is 1.93. The van der Waals surface area contributed by atoms with Gasteiger partial charge in [0.2, 0.25) is 0 Å². The van der Waals surface area contributed by atoms with E-state index in [2.05, 4.69) is 54.7 Å². The highest BCUT2D eigenvalue weighted by molar-refractivity contribution is 7.10. The van der Waals surface area contributed by atoms with Gasteiger partial charge < -0.3 is 5.32 Å². The third-order valence-electron chi connectivity index (χ3n) is 3.04. The number of nitrogens with one attached hydrogen (secondary N) is 2. The smallest absolute Gasteiger partial charge is 0.0535 e.